The zero-order valence-electron chi connectivity index (χ0n) is 12.2. The molecule has 3 aromatic heterocycles. The van der Waals surface area contributed by atoms with Crippen LogP contribution in [0.4, 0.5) is 5.95 Å². The van der Waals surface area contributed by atoms with Crippen molar-refractivity contribution in [1.82, 2.24) is 29.9 Å². The molecule has 8 heteroatoms. The average Bonchev–Trinajstić information content (AvgIpc) is 3.03. The van der Waals surface area contributed by atoms with E-state index in [1.165, 1.54) is 0 Å². The molecule has 114 valence electrons. The minimum Gasteiger partial charge on any atom is -0.367 e. The van der Waals surface area contributed by atoms with Crippen LogP contribution in [0, 0.1) is 6.92 Å². The second kappa shape index (κ2) is 5.84. The number of pyridine rings is 1. The summed E-state index contributed by atoms with van der Waals surface area (Å²) in [5.74, 6) is 0.813. The van der Waals surface area contributed by atoms with Crippen LogP contribution in [0.3, 0.4) is 0 Å². The minimum absolute atomic E-state index is 0.0544. The molecule has 0 atom stereocenters. The molecule has 3 rings (SSSR count). The zero-order valence-corrected chi connectivity index (χ0v) is 12.2. The summed E-state index contributed by atoms with van der Waals surface area (Å²) < 4.78 is 1.94. The van der Waals surface area contributed by atoms with E-state index in [9.17, 15) is 4.79 Å². The van der Waals surface area contributed by atoms with Gasteiger partial charge in [0.1, 0.15) is 11.5 Å². The number of nitrogens with zero attached hydrogens (tertiary/aromatic N) is 4. The Morgan fingerprint density at radius 3 is 3.05 bits per heavy atom. The standard InChI is InChI=1S/C14H17N7O/c1-9-10(21-7-3-2-4-12(21)17-9)8-13(22)16-6-5-11-18-14(15)20-19-11/h2-4,7H,5-6,8H2,1H3,(H,16,22)(H3,15,18,19,20). The smallest absolute Gasteiger partial charge is 0.239 e. The summed E-state index contributed by atoms with van der Waals surface area (Å²) >= 11 is 0. The number of nitrogen functional groups attached to an aromatic ring is 1. The molecule has 0 spiro atoms. The molecule has 0 saturated carbocycles. The van der Waals surface area contributed by atoms with E-state index in [4.69, 9.17) is 5.73 Å². The number of carbonyl (C=O) groups excluding carboxylic acids is 1. The Balaban J connectivity index is 1.60. The number of aromatic nitrogens is 5. The van der Waals surface area contributed by atoms with Gasteiger partial charge in [-0.15, -0.1) is 5.10 Å². The van der Waals surface area contributed by atoms with Gasteiger partial charge in [0.15, 0.2) is 0 Å². The Hall–Kier alpha value is -2.90. The lowest BCUT2D eigenvalue weighted by Crippen LogP contribution is -2.28. The number of aryl methyl sites for hydroxylation is 1. The molecular formula is C14H17N7O. The van der Waals surface area contributed by atoms with Crippen molar-refractivity contribution in [3.63, 3.8) is 0 Å². The van der Waals surface area contributed by atoms with Crippen molar-refractivity contribution < 1.29 is 4.79 Å². The van der Waals surface area contributed by atoms with E-state index in [-0.39, 0.29) is 18.3 Å². The molecule has 0 saturated heterocycles. The van der Waals surface area contributed by atoms with Crippen LogP contribution in [0.25, 0.3) is 5.65 Å². The summed E-state index contributed by atoms with van der Waals surface area (Å²) in [6.07, 6.45) is 2.76. The third-order valence-corrected chi connectivity index (χ3v) is 3.39. The van der Waals surface area contributed by atoms with Crippen LogP contribution < -0.4 is 11.1 Å². The molecule has 0 radical (unpaired) electrons. The fraction of sp³-hybridized carbons (Fsp3) is 0.286. The van der Waals surface area contributed by atoms with E-state index in [2.05, 4.69) is 25.5 Å². The molecule has 22 heavy (non-hydrogen) atoms. The number of nitrogens with one attached hydrogen (secondary N) is 2. The normalized spacial score (nSPS) is 11.0. The van der Waals surface area contributed by atoms with Crippen LogP contribution in [0.5, 0.6) is 0 Å². The Kier molecular flexibility index (Phi) is 3.73. The maximum Gasteiger partial charge on any atom is 0.239 e. The van der Waals surface area contributed by atoms with Crippen molar-refractivity contribution in [2.45, 2.75) is 19.8 Å². The van der Waals surface area contributed by atoms with Gasteiger partial charge >= 0.3 is 0 Å². The third kappa shape index (κ3) is 2.90. The largest absolute Gasteiger partial charge is 0.367 e. The molecule has 4 N–H and O–H groups in total. The number of hydrogen-bond donors (Lipinski definition) is 3. The SMILES string of the molecule is Cc1nc2ccccn2c1CC(=O)NCCc1nc(N)n[nH]1. The van der Waals surface area contributed by atoms with Crippen LogP contribution in [-0.4, -0.2) is 37.0 Å². The van der Waals surface area contributed by atoms with E-state index in [1.54, 1.807) is 0 Å². The van der Waals surface area contributed by atoms with Gasteiger partial charge in [-0.05, 0) is 19.1 Å². The fourth-order valence-corrected chi connectivity index (χ4v) is 2.33. The lowest BCUT2D eigenvalue weighted by molar-refractivity contribution is -0.120. The molecule has 1 amide bonds. The maximum atomic E-state index is 12.1. The van der Waals surface area contributed by atoms with Gasteiger partial charge < -0.3 is 15.5 Å². The number of rotatable bonds is 5. The molecule has 8 nitrogen and oxygen atoms in total. The predicted molar refractivity (Wildman–Crippen MR) is 81.1 cm³/mol. The molecule has 0 bridgehead atoms. The predicted octanol–water partition coefficient (Wildman–Crippen LogP) is 0.244. The molecule has 0 aliphatic rings. The van der Waals surface area contributed by atoms with Gasteiger partial charge in [0.05, 0.1) is 17.8 Å². The van der Waals surface area contributed by atoms with Gasteiger partial charge in [0, 0.05) is 19.2 Å². The van der Waals surface area contributed by atoms with E-state index in [0.717, 1.165) is 17.0 Å². The highest BCUT2D eigenvalue weighted by Gasteiger charge is 2.12. The van der Waals surface area contributed by atoms with Crippen LogP contribution in [0.15, 0.2) is 24.4 Å². The number of H-pyrrole nitrogens is 1. The van der Waals surface area contributed by atoms with Crippen molar-refractivity contribution in [2.24, 2.45) is 0 Å². The van der Waals surface area contributed by atoms with Gasteiger partial charge in [0.25, 0.3) is 0 Å². The van der Waals surface area contributed by atoms with Crippen LogP contribution in [0.1, 0.15) is 17.2 Å². The molecule has 0 fully saturated rings. The number of hydrogen-bond acceptors (Lipinski definition) is 5. The Bertz CT molecular complexity index is 804. The van der Waals surface area contributed by atoms with Crippen molar-refractivity contribution in [2.75, 3.05) is 12.3 Å². The molecule has 0 aliphatic heterocycles. The number of anilines is 1. The highest BCUT2D eigenvalue weighted by atomic mass is 16.1. The minimum atomic E-state index is -0.0544. The van der Waals surface area contributed by atoms with E-state index < -0.39 is 0 Å². The molecule has 0 aromatic carbocycles. The second-order valence-corrected chi connectivity index (χ2v) is 4.99. The van der Waals surface area contributed by atoms with Gasteiger partial charge in [-0.3, -0.25) is 9.89 Å². The first-order chi connectivity index (χ1) is 10.6. The van der Waals surface area contributed by atoms with E-state index in [0.29, 0.717) is 18.8 Å². The van der Waals surface area contributed by atoms with Crippen molar-refractivity contribution >= 4 is 17.5 Å². The van der Waals surface area contributed by atoms with Gasteiger partial charge in [-0.25, -0.2) is 4.98 Å². The number of imidazole rings is 1. The number of fused-ring (bicyclic) bond motifs is 1. The first-order valence-corrected chi connectivity index (χ1v) is 6.99. The number of carbonyl (C=O) groups is 1. The van der Waals surface area contributed by atoms with Gasteiger partial charge in [-0.2, -0.15) is 4.98 Å². The highest BCUT2D eigenvalue weighted by Crippen LogP contribution is 2.12. The summed E-state index contributed by atoms with van der Waals surface area (Å²) in [6.45, 7) is 2.39. The Labute approximate surface area is 126 Å². The molecule has 0 unspecified atom stereocenters. The number of nitrogens with two attached hydrogens (primary N) is 1. The summed E-state index contributed by atoms with van der Waals surface area (Å²) in [5.41, 5.74) is 8.03. The van der Waals surface area contributed by atoms with Crippen molar-refractivity contribution in [1.29, 1.82) is 0 Å². The summed E-state index contributed by atoms with van der Waals surface area (Å²) in [4.78, 5) is 20.5. The molecule has 3 heterocycles. The van der Waals surface area contributed by atoms with Gasteiger partial charge in [0.2, 0.25) is 11.9 Å². The third-order valence-electron chi connectivity index (χ3n) is 3.39. The zero-order chi connectivity index (χ0) is 15.5. The highest BCUT2D eigenvalue weighted by molar-refractivity contribution is 5.78. The molecular weight excluding hydrogens is 282 g/mol. The molecule has 0 aliphatic carbocycles. The average molecular weight is 299 g/mol. The Morgan fingerprint density at radius 2 is 2.27 bits per heavy atom. The molecule has 3 aromatic rings. The van der Waals surface area contributed by atoms with Crippen LogP contribution >= 0.6 is 0 Å². The van der Waals surface area contributed by atoms with Crippen LogP contribution in [0.2, 0.25) is 0 Å². The topological polar surface area (TPSA) is 114 Å². The first-order valence-electron chi connectivity index (χ1n) is 6.99. The van der Waals surface area contributed by atoms with Crippen LogP contribution in [-0.2, 0) is 17.6 Å². The van der Waals surface area contributed by atoms with E-state index in [1.807, 2.05) is 35.7 Å². The Morgan fingerprint density at radius 1 is 1.41 bits per heavy atom. The summed E-state index contributed by atoms with van der Waals surface area (Å²) in [6, 6.07) is 5.77. The van der Waals surface area contributed by atoms with Gasteiger partial charge in [-0.1, -0.05) is 6.07 Å². The fourth-order valence-electron chi connectivity index (χ4n) is 2.33. The summed E-state index contributed by atoms with van der Waals surface area (Å²) in [7, 11) is 0. The lowest BCUT2D eigenvalue weighted by atomic mass is 10.2. The summed E-state index contributed by atoms with van der Waals surface area (Å²) in [5, 5.41) is 9.31. The maximum absolute atomic E-state index is 12.1. The van der Waals surface area contributed by atoms with E-state index >= 15 is 0 Å². The monoisotopic (exact) mass is 299 g/mol. The van der Waals surface area contributed by atoms with Crippen molar-refractivity contribution in [3.05, 3.63) is 41.6 Å². The van der Waals surface area contributed by atoms with Crippen molar-refractivity contribution in [3.8, 4) is 0 Å². The first kappa shape index (κ1) is 14.1. The lowest BCUT2D eigenvalue weighted by Gasteiger charge is -2.05. The number of aromatic amines is 1. The number of amides is 1. The second-order valence-electron chi connectivity index (χ2n) is 4.99. The quantitative estimate of drug-likeness (QED) is 0.624.